The SMILES string of the molecule is CCCOC(C)(CC)c1ccc(Cc2ccc(C(C)C)cc2)cc1. The molecule has 0 fully saturated rings. The largest absolute Gasteiger partial charge is 0.371 e. The van der Waals surface area contributed by atoms with E-state index in [1.54, 1.807) is 0 Å². The van der Waals surface area contributed by atoms with Gasteiger partial charge in [0.05, 0.1) is 5.60 Å². The van der Waals surface area contributed by atoms with Gasteiger partial charge in [0.25, 0.3) is 0 Å². The van der Waals surface area contributed by atoms with Gasteiger partial charge < -0.3 is 4.74 Å². The van der Waals surface area contributed by atoms with Crippen LogP contribution in [0.2, 0.25) is 0 Å². The van der Waals surface area contributed by atoms with Crippen molar-refractivity contribution < 1.29 is 4.74 Å². The maximum Gasteiger partial charge on any atom is 0.0900 e. The number of ether oxygens (including phenoxy) is 1. The summed E-state index contributed by atoms with van der Waals surface area (Å²) < 4.78 is 6.11. The molecule has 1 heteroatoms. The highest BCUT2D eigenvalue weighted by Gasteiger charge is 2.24. The Morgan fingerprint density at radius 3 is 1.88 bits per heavy atom. The van der Waals surface area contributed by atoms with E-state index in [0.717, 1.165) is 25.9 Å². The van der Waals surface area contributed by atoms with E-state index in [9.17, 15) is 0 Å². The van der Waals surface area contributed by atoms with E-state index in [0.29, 0.717) is 5.92 Å². The van der Waals surface area contributed by atoms with E-state index in [1.807, 2.05) is 0 Å². The summed E-state index contributed by atoms with van der Waals surface area (Å²) in [6, 6.07) is 18.0. The lowest BCUT2D eigenvalue weighted by Gasteiger charge is -2.29. The van der Waals surface area contributed by atoms with Crippen molar-refractivity contribution >= 4 is 0 Å². The minimum absolute atomic E-state index is 0.173. The van der Waals surface area contributed by atoms with Crippen LogP contribution in [0.25, 0.3) is 0 Å². The Hall–Kier alpha value is -1.60. The molecule has 130 valence electrons. The normalized spacial score (nSPS) is 13.9. The fourth-order valence-corrected chi connectivity index (χ4v) is 2.95. The lowest BCUT2D eigenvalue weighted by molar-refractivity contribution is -0.0389. The fraction of sp³-hybridized carbons (Fsp3) is 0.478. The van der Waals surface area contributed by atoms with Crippen molar-refractivity contribution in [3.63, 3.8) is 0 Å². The van der Waals surface area contributed by atoms with Gasteiger partial charge in [0.1, 0.15) is 0 Å². The van der Waals surface area contributed by atoms with Crippen molar-refractivity contribution in [1.29, 1.82) is 0 Å². The van der Waals surface area contributed by atoms with Crippen LogP contribution in [0.3, 0.4) is 0 Å². The summed E-state index contributed by atoms with van der Waals surface area (Å²) in [5.74, 6) is 0.591. The van der Waals surface area contributed by atoms with Gasteiger partial charge in [-0.05, 0) is 54.4 Å². The molecule has 0 aromatic heterocycles. The molecule has 1 atom stereocenters. The lowest BCUT2D eigenvalue weighted by Crippen LogP contribution is -2.25. The van der Waals surface area contributed by atoms with Gasteiger partial charge in [-0.2, -0.15) is 0 Å². The van der Waals surface area contributed by atoms with Gasteiger partial charge in [-0.15, -0.1) is 0 Å². The molecular weight excluding hydrogens is 292 g/mol. The van der Waals surface area contributed by atoms with Gasteiger partial charge >= 0.3 is 0 Å². The first kappa shape index (κ1) is 18.7. The van der Waals surface area contributed by atoms with E-state index >= 15 is 0 Å². The standard InChI is InChI=1S/C23H32O/c1-6-16-24-23(5,7-2)22-14-10-20(11-15-22)17-19-8-12-21(13-9-19)18(3)4/h8-15,18H,6-7,16-17H2,1-5H3. The summed E-state index contributed by atoms with van der Waals surface area (Å²) in [6.45, 7) is 11.8. The maximum atomic E-state index is 6.11. The topological polar surface area (TPSA) is 9.23 Å². The average Bonchev–Trinajstić information content (AvgIpc) is 2.60. The number of rotatable bonds is 8. The number of benzene rings is 2. The van der Waals surface area contributed by atoms with Crippen LogP contribution in [0.1, 0.15) is 75.6 Å². The zero-order valence-electron chi connectivity index (χ0n) is 15.9. The van der Waals surface area contributed by atoms with Crippen molar-refractivity contribution in [2.45, 2.75) is 65.4 Å². The number of hydrogen-bond acceptors (Lipinski definition) is 1. The highest BCUT2D eigenvalue weighted by atomic mass is 16.5. The first-order valence-electron chi connectivity index (χ1n) is 9.30. The van der Waals surface area contributed by atoms with Gasteiger partial charge in [0.2, 0.25) is 0 Å². The Bertz CT molecular complexity index is 609. The Balaban J connectivity index is 2.08. The van der Waals surface area contributed by atoms with Gasteiger partial charge in [0, 0.05) is 6.61 Å². The summed E-state index contributed by atoms with van der Waals surface area (Å²) in [4.78, 5) is 0. The molecule has 0 aliphatic carbocycles. The summed E-state index contributed by atoms with van der Waals surface area (Å²) in [6.07, 6.45) is 3.03. The molecule has 0 saturated heterocycles. The minimum atomic E-state index is -0.173. The molecule has 2 aromatic carbocycles. The van der Waals surface area contributed by atoms with Crippen LogP contribution in [0.15, 0.2) is 48.5 Å². The molecule has 0 N–H and O–H groups in total. The fourth-order valence-electron chi connectivity index (χ4n) is 2.95. The molecule has 0 bridgehead atoms. The molecule has 0 radical (unpaired) electrons. The van der Waals surface area contributed by atoms with Crippen LogP contribution in [0.4, 0.5) is 0 Å². The first-order valence-corrected chi connectivity index (χ1v) is 9.30. The zero-order chi connectivity index (χ0) is 17.6. The molecular formula is C23H32O. The van der Waals surface area contributed by atoms with Crippen LogP contribution >= 0.6 is 0 Å². The van der Waals surface area contributed by atoms with Crippen molar-refractivity contribution in [1.82, 2.24) is 0 Å². The Morgan fingerprint density at radius 2 is 1.42 bits per heavy atom. The Kier molecular flexibility index (Phi) is 6.62. The second kappa shape index (κ2) is 8.48. The zero-order valence-corrected chi connectivity index (χ0v) is 15.9. The second-order valence-electron chi connectivity index (χ2n) is 7.20. The molecule has 0 saturated carbocycles. The predicted molar refractivity (Wildman–Crippen MR) is 104 cm³/mol. The van der Waals surface area contributed by atoms with Gasteiger partial charge in [0.15, 0.2) is 0 Å². The molecule has 24 heavy (non-hydrogen) atoms. The molecule has 0 heterocycles. The highest BCUT2D eigenvalue weighted by molar-refractivity contribution is 5.32. The van der Waals surface area contributed by atoms with Crippen LogP contribution in [0, 0.1) is 0 Å². The molecule has 2 aromatic rings. The summed E-state index contributed by atoms with van der Waals surface area (Å²) in [7, 11) is 0. The highest BCUT2D eigenvalue weighted by Crippen LogP contribution is 2.29. The molecule has 0 amide bonds. The summed E-state index contributed by atoms with van der Waals surface area (Å²) >= 11 is 0. The van der Waals surface area contributed by atoms with E-state index in [1.165, 1.54) is 22.3 Å². The molecule has 0 aliphatic rings. The Morgan fingerprint density at radius 1 is 0.875 bits per heavy atom. The summed E-state index contributed by atoms with van der Waals surface area (Å²) in [5.41, 5.74) is 5.23. The molecule has 0 spiro atoms. The molecule has 1 nitrogen and oxygen atoms in total. The third kappa shape index (κ3) is 4.70. The third-order valence-electron chi connectivity index (χ3n) is 4.92. The maximum absolute atomic E-state index is 6.11. The minimum Gasteiger partial charge on any atom is -0.371 e. The van der Waals surface area contributed by atoms with E-state index in [-0.39, 0.29) is 5.60 Å². The van der Waals surface area contributed by atoms with Crippen LogP contribution in [0.5, 0.6) is 0 Å². The van der Waals surface area contributed by atoms with Crippen molar-refractivity contribution in [2.24, 2.45) is 0 Å². The van der Waals surface area contributed by atoms with Crippen molar-refractivity contribution in [3.05, 3.63) is 70.8 Å². The van der Waals surface area contributed by atoms with E-state index < -0.39 is 0 Å². The smallest absolute Gasteiger partial charge is 0.0900 e. The second-order valence-corrected chi connectivity index (χ2v) is 7.20. The third-order valence-corrected chi connectivity index (χ3v) is 4.92. The van der Waals surface area contributed by atoms with Gasteiger partial charge in [-0.25, -0.2) is 0 Å². The molecule has 1 unspecified atom stereocenters. The van der Waals surface area contributed by atoms with Crippen molar-refractivity contribution in [2.75, 3.05) is 6.61 Å². The van der Waals surface area contributed by atoms with Crippen molar-refractivity contribution in [3.8, 4) is 0 Å². The monoisotopic (exact) mass is 324 g/mol. The van der Waals surface area contributed by atoms with Gasteiger partial charge in [-0.3, -0.25) is 0 Å². The van der Waals surface area contributed by atoms with E-state index in [4.69, 9.17) is 4.74 Å². The number of hydrogen-bond donors (Lipinski definition) is 0. The van der Waals surface area contributed by atoms with E-state index in [2.05, 4.69) is 83.1 Å². The summed E-state index contributed by atoms with van der Waals surface area (Å²) in [5, 5.41) is 0. The lowest BCUT2D eigenvalue weighted by atomic mass is 9.91. The quantitative estimate of drug-likeness (QED) is 0.542. The van der Waals surface area contributed by atoms with Gasteiger partial charge in [-0.1, -0.05) is 76.2 Å². The first-order chi connectivity index (χ1) is 11.5. The van der Waals surface area contributed by atoms with Crippen LogP contribution < -0.4 is 0 Å². The van der Waals surface area contributed by atoms with Crippen LogP contribution in [-0.2, 0) is 16.8 Å². The predicted octanol–water partition coefficient (Wildman–Crippen LogP) is 6.45. The molecule has 0 aliphatic heterocycles. The van der Waals surface area contributed by atoms with Crippen LogP contribution in [-0.4, -0.2) is 6.61 Å². The molecule has 2 rings (SSSR count). The average molecular weight is 325 g/mol. The Labute approximate surface area is 148 Å².